The Morgan fingerprint density at radius 1 is 1.38 bits per heavy atom. The number of anilines is 1. The van der Waals surface area contributed by atoms with Crippen LogP contribution in [-0.4, -0.2) is 21.6 Å². The zero-order valence-corrected chi connectivity index (χ0v) is 8.92. The highest BCUT2D eigenvalue weighted by atomic mass is 16.1. The van der Waals surface area contributed by atoms with E-state index in [1.807, 2.05) is 25.2 Å². The Labute approximate surface area is 92.8 Å². The van der Waals surface area contributed by atoms with Gasteiger partial charge in [0.15, 0.2) is 0 Å². The van der Waals surface area contributed by atoms with Crippen LogP contribution in [0.3, 0.4) is 0 Å². The summed E-state index contributed by atoms with van der Waals surface area (Å²) in [6.07, 6.45) is 2.99. The third-order valence-corrected chi connectivity index (χ3v) is 2.19. The van der Waals surface area contributed by atoms with Crippen LogP contribution < -0.4 is 10.9 Å². The molecule has 0 spiro atoms. The van der Waals surface area contributed by atoms with Crippen molar-refractivity contribution in [2.45, 2.75) is 6.54 Å². The Bertz CT molecular complexity index is 535. The number of hydrogen-bond donors (Lipinski definition) is 1. The molecule has 0 bridgehead atoms. The fourth-order valence-corrected chi connectivity index (χ4v) is 1.38. The first kappa shape index (κ1) is 10.4. The Morgan fingerprint density at radius 2 is 2.25 bits per heavy atom. The van der Waals surface area contributed by atoms with Gasteiger partial charge in [-0.2, -0.15) is 0 Å². The van der Waals surface area contributed by atoms with E-state index in [9.17, 15) is 4.79 Å². The molecule has 0 radical (unpaired) electrons. The highest BCUT2D eigenvalue weighted by Crippen LogP contribution is 2.04. The van der Waals surface area contributed by atoms with Crippen molar-refractivity contribution in [3.05, 3.63) is 52.8 Å². The van der Waals surface area contributed by atoms with Crippen LogP contribution in [0.4, 0.5) is 5.82 Å². The molecule has 2 heterocycles. The molecule has 0 saturated carbocycles. The molecule has 0 saturated heterocycles. The lowest BCUT2D eigenvalue weighted by Gasteiger charge is -2.05. The number of nitrogens with zero attached hydrogens (tertiary/aromatic N) is 3. The van der Waals surface area contributed by atoms with Crippen LogP contribution in [0.25, 0.3) is 0 Å². The van der Waals surface area contributed by atoms with Gasteiger partial charge in [-0.15, -0.1) is 0 Å². The number of pyridine rings is 1. The molecule has 0 aliphatic carbocycles. The van der Waals surface area contributed by atoms with Crippen LogP contribution in [0.2, 0.25) is 0 Å². The number of rotatable bonds is 3. The minimum atomic E-state index is -0.0772. The summed E-state index contributed by atoms with van der Waals surface area (Å²) in [5, 5.41) is 2.95. The van der Waals surface area contributed by atoms with E-state index in [2.05, 4.69) is 15.3 Å². The molecule has 0 amide bonds. The van der Waals surface area contributed by atoms with Crippen molar-refractivity contribution in [3.8, 4) is 0 Å². The lowest BCUT2D eigenvalue weighted by atomic mass is 10.3. The number of aromatic nitrogens is 3. The first-order valence-electron chi connectivity index (χ1n) is 4.94. The largest absolute Gasteiger partial charge is 0.373 e. The van der Waals surface area contributed by atoms with Crippen molar-refractivity contribution >= 4 is 5.82 Å². The summed E-state index contributed by atoms with van der Waals surface area (Å²) in [7, 11) is 1.81. The molecule has 0 aromatic carbocycles. The first-order chi connectivity index (χ1) is 7.79. The van der Waals surface area contributed by atoms with Crippen molar-refractivity contribution in [1.29, 1.82) is 0 Å². The normalized spacial score (nSPS) is 10.1. The predicted octanol–water partition coefficient (Wildman–Crippen LogP) is 0.728. The molecule has 2 aromatic rings. The van der Waals surface area contributed by atoms with Gasteiger partial charge in [-0.25, -0.2) is 9.97 Å². The van der Waals surface area contributed by atoms with Crippen molar-refractivity contribution in [2.75, 3.05) is 12.4 Å². The van der Waals surface area contributed by atoms with Gasteiger partial charge in [-0.05, 0) is 12.1 Å². The Balaban J connectivity index is 2.27. The Hall–Kier alpha value is -2.17. The van der Waals surface area contributed by atoms with Gasteiger partial charge in [-0.1, -0.05) is 6.07 Å². The van der Waals surface area contributed by atoms with Crippen LogP contribution >= 0.6 is 0 Å². The van der Waals surface area contributed by atoms with Crippen LogP contribution in [0, 0.1) is 0 Å². The summed E-state index contributed by atoms with van der Waals surface area (Å²) in [4.78, 5) is 19.7. The SMILES string of the molecule is CNc1cccc(Cn2cnccc2=O)n1. The Kier molecular flexibility index (Phi) is 2.95. The summed E-state index contributed by atoms with van der Waals surface area (Å²) in [6.45, 7) is 0.433. The maximum atomic E-state index is 11.5. The maximum absolute atomic E-state index is 11.5. The topological polar surface area (TPSA) is 59.8 Å². The second-order valence-corrected chi connectivity index (χ2v) is 3.31. The van der Waals surface area contributed by atoms with Crippen LogP contribution in [0.5, 0.6) is 0 Å². The van der Waals surface area contributed by atoms with Gasteiger partial charge in [0.25, 0.3) is 5.56 Å². The van der Waals surface area contributed by atoms with Crippen molar-refractivity contribution < 1.29 is 0 Å². The van der Waals surface area contributed by atoms with Crippen molar-refractivity contribution in [3.63, 3.8) is 0 Å². The molecule has 82 valence electrons. The standard InChI is InChI=1S/C11H12N4O/c1-12-10-4-2-3-9(14-10)7-15-8-13-6-5-11(15)16/h2-6,8H,7H2,1H3,(H,12,14). The van der Waals surface area contributed by atoms with Crippen LogP contribution in [0.1, 0.15) is 5.69 Å². The highest BCUT2D eigenvalue weighted by Gasteiger charge is 1.99. The summed E-state index contributed by atoms with van der Waals surface area (Å²) >= 11 is 0. The first-order valence-corrected chi connectivity index (χ1v) is 4.94. The van der Waals surface area contributed by atoms with Gasteiger partial charge >= 0.3 is 0 Å². The average molecular weight is 216 g/mol. The van der Waals surface area contributed by atoms with E-state index in [0.29, 0.717) is 6.54 Å². The molecule has 5 nitrogen and oxygen atoms in total. The molecule has 0 unspecified atom stereocenters. The molecule has 2 rings (SSSR count). The fraction of sp³-hybridized carbons (Fsp3) is 0.182. The van der Waals surface area contributed by atoms with Crippen LogP contribution in [0.15, 0.2) is 41.6 Å². The van der Waals surface area contributed by atoms with E-state index < -0.39 is 0 Å². The Morgan fingerprint density at radius 3 is 3.00 bits per heavy atom. The van der Waals surface area contributed by atoms with Gasteiger partial charge in [-0.3, -0.25) is 9.36 Å². The van der Waals surface area contributed by atoms with Gasteiger partial charge in [0, 0.05) is 19.3 Å². The van der Waals surface area contributed by atoms with E-state index in [1.165, 1.54) is 23.2 Å². The summed E-state index contributed by atoms with van der Waals surface area (Å²) in [5.74, 6) is 0.787. The lowest BCUT2D eigenvalue weighted by molar-refractivity contribution is 0.719. The van der Waals surface area contributed by atoms with Gasteiger partial charge in [0.05, 0.1) is 18.6 Å². The van der Waals surface area contributed by atoms with Crippen LogP contribution in [-0.2, 0) is 6.54 Å². The zero-order valence-electron chi connectivity index (χ0n) is 8.92. The summed E-state index contributed by atoms with van der Waals surface area (Å²) in [5.41, 5.74) is 0.744. The van der Waals surface area contributed by atoms with E-state index in [-0.39, 0.29) is 5.56 Å². The molecule has 0 aliphatic rings. The smallest absolute Gasteiger partial charge is 0.253 e. The lowest BCUT2D eigenvalue weighted by Crippen LogP contribution is -2.19. The number of hydrogen-bond acceptors (Lipinski definition) is 4. The molecular formula is C11H12N4O. The fourth-order valence-electron chi connectivity index (χ4n) is 1.38. The number of nitrogens with one attached hydrogen (secondary N) is 1. The molecule has 2 aromatic heterocycles. The predicted molar refractivity (Wildman–Crippen MR) is 61.4 cm³/mol. The second kappa shape index (κ2) is 4.57. The summed E-state index contributed by atoms with van der Waals surface area (Å²) < 4.78 is 1.52. The monoisotopic (exact) mass is 216 g/mol. The third kappa shape index (κ3) is 2.25. The zero-order chi connectivity index (χ0) is 11.4. The van der Waals surface area contributed by atoms with Gasteiger partial charge < -0.3 is 5.32 Å². The molecular weight excluding hydrogens is 204 g/mol. The van der Waals surface area contributed by atoms with Crippen molar-refractivity contribution in [2.24, 2.45) is 0 Å². The van der Waals surface area contributed by atoms with Gasteiger partial charge in [0.2, 0.25) is 0 Å². The molecule has 1 N–H and O–H groups in total. The third-order valence-electron chi connectivity index (χ3n) is 2.19. The quantitative estimate of drug-likeness (QED) is 0.821. The van der Waals surface area contributed by atoms with E-state index >= 15 is 0 Å². The maximum Gasteiger partial charge on any atom is 0.253 e. The van der Waals surface area contributed by atoms with Gasteiger partial charge in [0.1, 0.15) is 5.82 Å². The second-order valence-electron chi connectivity index (χ2n) is 3.31. The molecule has 0 fully saturated rings. The van der Waals surface area contributed by atoms with E-state index in [4.69, 9.17) is 0 Å². The average Bonchev–Trinajstić information content (AvgIpc) is 2.32. The molecule has 5 heteroatoms. The molecule has 0 aliphatic heterocycles. The van der Waals surface area contributed by atoms with E-state index in [1.54, 1.807) is 0 Å². The highest BCUT2D eigenvalue weighted by molar-refractivity contribution is 5.34. The molecule has 16 heavy (non-hydrogen) atoms. The minimum Gasteiger partial charge on any atom is -0.373 e. The summed E-state index contributed by atoms with van der Waals surface area (Å²) in [6, 6.07) is 7.08. The van der Waals surface area contributed by atoms with E-state index in [0.717, 1.165) is 11.5 Å². The molecule has 0 atom stereocenters. The van der Waals surface area contributed by atoms with Crippen molar-refractivity contribution in [1.82, 2.24) is 14.5 Å². The minimum absolute atomic E-state index is 0.0772.